The number of hydrogen-bond acceptors (Lipinski definition) is 2. The lowest BCUT2D eigenvalue weighted by atomic mass is 9.99. The number of hydrogen-bond donors (Lipinski definition) is 0. The van der Waals surface area contributed by atoms with Crippen LogP contribution in [-0.2, 0) is 0 Å². The Balaban J connectivity index is 1.06. The molecule has 0 heterocycles. The van der Waals surface area contributed by atoms with Crippen LogP contribution >= 0.6 is 0 Å². The molecule has 0 aromatic heterocycles. The van der Waals surface area contributed by atoms with E-state index in [-0.39, 0.29) is 0 Å². The fourth-order valence-electron chi connectivity index (χ4n) is 7.13. The third-order valence-electron chi connectivity index (χ3n) is 10.1. The maximum atomic E-state index is 2.40. The minimum Gasteiger partial charge on any atom is -0.311 e. The summed E-state index contributed by atoms with van der Waals surface area (Å²) in [4.78, 5) is 4.66. The van der Waals surface area contributed by atoms with Gasteiger partial charge in [-0.25, -0.2) is 0 Å². The first-order valence-corrected chi connectivity index (χ1v) is 22.2. The van der Waals surface area contributed by atoms with Crippen LogP contribution in [0.4, 0.5) is 34.1 Å². The molecule has 0 N–H and O–H groups in total. The van der Waals surface area contributed by atoms with E-state index in [0.717, 1.165) is 34.1 Å². The van der Waals surface area contributed by atoms with Crippen LogP contribution in [0, 0.1) is 0 Å². The summed E-state index contributed by atoms with van der Waals surface area (Å²) in [7, 11) is -1.39. The largest absolute Gasteiger partial charge is 0.311 e. The zero-order chi connectivity index (χ0) is 36.9. The normalized spacial score (nSPS) is 11.2. The van der Waals surface area contributed by atoms with Crippen LogP contribution in [0.5, 0.6) is 0 Å². The van der Waals surface area contributed by atoms with Crippen molar-refractivity contribution in [2.45, 2.75) is 19.6 Å². The molecule has 0 atom stereocenters. The molecule has 0 fully saturated rings. The van der Waals surface area contributed by atoms with Gasteiger partial charge in [0.2, 0.25) is 0 Å². The van der Waals surface area contributed by atoms with Gasteiger partial charge in [-0.1, -0.05) is 170 Å². The van der Waals surface area contributed by atoms with Crippen molar-refractivity contribution in [2.24, 2.45) is 0 Å². The molecule has 0 amide bonds. The SMILES string of the molecule is C[Si](C)(C)c1ccc(-c2ccccc2N(c2ccccc2)c2ccc(-c3ccc(-c4ccc(N(c5ccccc5)c5ccccc5)cc4)cc3)cc2)cc1. The highest BCUT2D eigenvalue weighted by Gasteiger charge is 2.19. The Morgan fingerprint density at radius 1 is 0.278 bits per heavy atom. The highest BCUT2D eigenvalue weighted by Crippen LogP contribution is 2.41. The lowest BCUT2D eigenvalue weighted by Crippen LogP contribution is -2.37. The molecule has 2 nitrogen and oxygen atoms in total. The first-order valence-electron chi connectivity index (χ1n) is 18.7. The Kier molecular flexibility index (Phi) is 9.80. The van der Waals surface area contributed by atoms with Gasteiger partial charge in [-0.2, -0.15) is 0 Å². The van der Waals surface area contributed by atoms with E-state index in [0.29, 0.717) is 0 Å². The molecule has 0 aliphatic heterocycles. The monoisotopic (exact) mass is 712 g/mol. The fourth-order valence-corrected chi connectivity index (χ4v) is 8.30. The number of anilines is 6. The Labute approximate surface area is 321 Å². The Morgan fingerprint density at radius 3 is 1.02 bits per heavy atom. The molecule has 0 saturated carbocycles. The summed E-state index contributed by atoms with van der Waals surface area (Å²) < 4.78 is 0. The van der Waals surface area contributed by atoms with Gasteiger partial charge in [-0.3, -0.25) is 0 Å². The van der Waals surface area contributed by atoms with Gasteiger partial charge in [-0.05, 0) is 94.5 Å². The van der Waals surface area contributed by atoms with E-state index in [9.17, 15) is 0 Å². The number of rotatable bonds is 10. The molecule has 8 aromatic rings. The molecule has 262 valence electrons. The molecule has 0 bridgehead atoms. The van der Waals surface area contributed by atoms with Gasteiger partial charge >= 0.3 is 0 Å². The van der Waals surface area contributed by atoms with Crippen molar-refractivity contribution < 1.29 is 0 Å². The fraction of sp³-hybridized carbons (Fsp3) is 0.0588. The van der Waals surface area contributed by atoms with Crippen molar-refractivity contribution in [1.82, 2.24) is 0 Å². The van der Waals surface area contributed by atoms with Crippen molar-refractivity contribution in [3.63, 3.8) is 0 Å². The second kappa shape index (κ2) is 15.3. The zero-order valence-corrected chi connectivity index (χ0v) is 32.1. The van der Waals surface area contributed by atoms with Crippen LogP contribution in [0.3, 0.4) is 0 Å². The molecule has 8 rings (SSSR count). The lowest BCUT2D eigenvalue weighted by Gasteiger charge is -2.28. The van der Waals surface area contributed by atoms with Crippen LogP contribution in [0.15, 0.2) is 212 Å². The summed E-state index contributed by atoms with van der Waals surface area (Å²) in [5, 5.41) is 1.47. The summed E-state index contributed by atoms with van der Waals surface area (Å²) in [6.07, 6.45) is 0. The molecule has 8 aromatic carbocycles. The van der Waals surface area contributed by atoms with E-state index in [4.69, 9.17) is 0 Å². The predicted molar refractivity (Wildman–Crippen MR) is 235 cm³/mol. The molecule has 0 saturated heterocycles. The molecule has 0 aliphatic rings. The summed E-state index contributed by atoms with van der Waals surface area (Å²) in [6.45, 7) is 7.20. The first-order chi connectivity index (χ1) is 26.4. The maximum absolute atomic E-state index is 2.40. The molecule has 0 aliphatic carbocycles. The molecule has 54 heavy (non-hydrogen) atoms. The highest BCUT2D eigenvalue weighted by molar-refractivity contribution is 6.88. The maximum Gasteiger partial charge on any atom is 0.0775 e. The van der Waals surface area contributed by atoms with Crippen molar-refractivity contribution in [2.75, 3.05) is 9.80 Å². The van der Waals surface area contributed by atoms with E-state index >= 15 is 0 Å². The van der Waals surface area contributed by atoms with Crippen LogP contribution < -0.4 is 15.0 Å². The summed E-state index contributed by atoms with van der Waals surface area (Å²) in [6, 6.07) is 76.4. The quantitative estimate of drug-likeness (QED) is 0.130. The molecule has 0 unspecified atom stereocenters. The van der Waals surface area contributed by atoms with Gasteiger partial charge in [0.25, 0.3) is 0 Å². The molecular formula is C51H44N2Si. The van der Waals surface area contributed by atoms with Gasteiger partial charge in [-0.15, -0.1) is 0 Å². The average molecular weight is 713 g/mol. The van der Waals surface area contributed by atoms with Crippen LogP contribution in [0.2, 0.25) is 19.6 Å². The van der Waals surface area contributed by atoms with Gasteiger partial charge in [0.1, 0.15) is 0 Å². The third kappa shape index (κ3) is 7.41. The zero-order valence-electron chi connectivity index (χ0n) is 31.1. The van der Waals surface area contributed by atoms with Crippen molar-refractivity contribution in [1.29, 1.82) is 0 Å². The van der Waals surface area contributed by atoms with Crippen molar-refractivity contribution >= 4 is 47.4 Å². The lowest BCUT2D eigenvalue weighted by molar-refractivity contribution is 1.28. The molecule has 0 spiro atoms. The molecule has 0 radical (unpaired) electrons. The van der Waals surface area contributed by atoms with Gasteiger partial charge < -0.3 is 9.80 Å². The van der Waals surface area contributed by atoms with E-state index in [1.54, 1.807) is 0 Å². The van der Waals surface area contributed by atoms with Gasteiger partial charge in [0, 0.05) is 34.0 Å². The van der Waals surface area contributed by atoms with Crippen molar-refractivity contribution in [3.8, 4) is 33.4 Å². The summed E-state index contributed by atoms with van der Waals surface area (Å²) >= 11 is 0. The standard InChI is InChI=1S/C51H44N2Si/c1-54(2,3)49-37-31-43(32-38-49)50-21-13-14-22-51(50)53(46-19-11-6-12-20-46)48-35-29-42(30-36-48)40-25-23-39(24-26-40)41-27-33-47(34-28-41)52(44-15-7-4-8-16-44)45-17-9-5-10-18-45/h4-38H,1-3H3. The molecule has 3 heteroatoms. The summed E-state index contributed by atoms with van der Waals surface area (Å²) in [5.74, 6) is 0. The van der Waals surface area contributed by atoms with Crippen LogP contribution in [0.25, 0.3) is 33.4 Å². The van der Waals surface area contributed by atoms with Crippen LogP contribution in [0.1, 0.15) is 0 Å². The number of nitrogens with zero attached hydrogens (tertiary/aromatic N) is 2. The van der Waals surface area contributed by atoms with Gasteiger partial charge in [0.15, 0.2) is 0 Å². The van der Waals surface area contributed by atoms with E-state index in [2.05, 4.69) is 242 Å². The van der Waals surface area contributed by atoms with E-state index in [1.807, 2.05) is 0 Å². The third-order valence-corrected chi connectivity index (χ3v) is 12.1. The Bertz CT molecular complexity index is 2380. The predicted octanol–water partition coefficient (Wildman–Crippen LogP) is 14.2. The van der Waals surface area contributed by atoms with Crippen molar-refractivity contribution in [3.05, 3.63) is 212 Å². The smallest absolute Gasteiger partial charge is 0.0775 e. The van der Waals surface area contributed by atoms with Gasteiger partial charge in [0.05, 0.1) is 13.8 Å². The minimum absolute atomic E-state index is 1.12. The second-order valence-corrected chi connectivity index (χ2v) is 19.8. The number of para-hydroxylation sites is 4. The van der Waals surface area contributed by atoms with Crippen LogP contribution in [-0.4, -0.2) is 8.07 Å². The van der Waals surface area contributed by atoms with E-state index < -0.39 is 8.07 Å². The number of benzene rings is 8. The molecular weight excluding hydrogens is 669 g/mol. The first kappa shape index (κ1) is 34.7. The van der Waals surface area contributed by atoms with E-state index in [1.165, 1.54) is 38.6 Å². The Hall–Kier alpha value is -6.42. The minimum atomic E-state index is -1.39. The Morgan fingerprint density at radius 2 is 0.593 bits per heavy atom. The highest BCUT2D eigenvalue weighted by atomic mass is 28.3. The summed E-state index contributed by atoms with van der Waals surface area (Å²) in [5.41, 5.74) is 14.0. The topological polar surface area (TPSA) is 6.48 Å². The second-order valence-electron chi connectivity index (χ2n) is 14.7. The average Bonchev–Trinajstić information content (AvgIpc) is 3.23.